The number of piperidine rings is 1. The highest BCUT2D eigenvalue weighted by atomic mass is 32.1. The first kappa shape index (κ1) is 13.5. The molecule has 18 heavy (non-hydrogen) atoms. The van der Waals surface area contributed by atoms with Gasteiger partial charge in [0.25, 0.3) is 0 Å². The van der Waals surface area contributed by atoms with Crippen molar-refractivity contribution in [3.8, 4) is 0 Å². The summed E-state index contributed by atoms with van der Waals surface area (Å²) in [6.45, 7) is 6.65. The van der Waals surface area contributed by atoms with Crippen molar-refractivity contribution in [1.29, 1.82) is 0 Å². The molecule has 0 radical (unpaired) electrons. The Morgan fingerprint density at radius 2 is 2.28 bits per heavy atom. The van der Waals surface area contributed by atoms with Crippen LogP contribution < -0.4 is 4.90 Å². The van der Waals surface area contributed by atoms with Crippen LogP contribution in [0.2, 0.25) is 0 Å². The van der Waals surface area contributed by atoms with Crippen molar-refractivity contribution in [2.45, 2.75) is 45.8 Å². The molecule has 0 N–H and O–H groups in total. The minimum absolute atomic E-state index is 0.107. The molecule has 0 amide bonds. The van der Waals surface area contributed by atoms with Gasteiger partial charge in [0.05, 0.1) is 16.7 Å². The molecule has 100 valence electrons. The predicted molar refractivity (Wildman–Crippen MR) is 73.7 cm³/mol. The van der Waals surface area contributed by atoms with Crippen molar-refractivity contribution < 1.29 is 9.53 Å². The topological polar surface area (TPSA) is 42.4 Å². The number of aryl methyl sites for hydroxylation is 1. The van der Waals surface area contributed by atoms with Crippen molar-refractivity contribution in [2.24, 2.45) is 0 Å². The zero-order valence-corrected chi connectivity index (χ0v) is 12.2. The largest absolute Gasteiger partial charge is 0.381 e. The van der Waals surface area contributed by atoms with Crippen LogP contribution in [0.3, 0.4) is 0 Å². The van der Waals surface area contributed by atoms with E-state index in [1.54, 1.807) is 14.0 Å². The van der Waals surface area contributed by atoms with Crippen molar-refractivity contribution in [3.63, 3.8) is 0 Å². The number of hydrogen-bond acceptors (Lipinski definition) is 5. The first-order valence-corrected chi connectivity index (χ1v) is 7.12. The van der Waals surface area contributed by atoms with Crippen LogP contribution in [0.4, 0.5) is 5.13 Å². The molecule has 2 unspecified atom stereocenters. The molecule has 1 aromatic heterocycles. The fourth-order valence-electron chi connectivity index (χ4n) is 2.46. The van der Waals surface area contributed by atoms with Gasteiger partial charge in [-0.1, -0.05) is 11.3 Å². The number of ether oxygens (including phenoxy) is 1. The van der Waals surface area contributed by atoms with Gasteiger partial charge in [0, 0.05) is 26.6 Å². The van der Waals surface area contributed by atoms with Gasteiger partial charge < -0.3 is 9.64 Å². The first-order chi connectivity index (χ1) is 8.52. The van der Waals surface area contributed by atoms with E-state index in [9.17, 15) is 4.79 Å². The van der Waals surface area contributed by atoms with Gasteiger partial charge in [-0.2, -0.15) is 0 Å². The third-order valence-electron chi connectivity index (χ3n) is 3.51. The molecule has 0 spiro atoms. The summed E-state index contributed by atoms with van der Waals surface area (Å²) in [4.78, 5) is 19.1. The molecule has 2 heterocycles. The Hall–Kier alpha value is -0.940. The van der Waals surface area contributed by atoms with Crippen LogP contribution in [0.5, 0.6) is 0 Å². The molecule has 0 aliphatic carbocycles. The van der Waals surface area contributed by atoms with Crippen LogP contribution in [0.15, 0.2) is 0 Å². The summed E-state index contributed by atoms with van der Waals surface area (Å²) in [7, 11) is 1.77. The highest BCUT2D eigenvalue weighted by molar-refractivity contribution is 7.17. The van der Waals surface area contributed by atoms with Gasteiger partial charge in [0.2, 0.25) is 0 Å². The summed E-state index contributed by atoms with van der Waals surface area (Å²) < 4.78 is 5.42. The van der Waals surface area contributed by atoms with Crippen LogP contribution in [-0.4, -0.2) is 36.6 Å². The number of carbonyl (C=O) groups excluding carboxylic acids is 1. The Morgan fingerprint density at radius 1 is 1.56 bits per heavy atom. The molecule has 1 aromatic rings. The summed E-state index contributed by atoms with van der Waals surface area (Å²) in [5, 5.41) is 0.972. The summed E-state index contributed by atoms with van der Waals surface area (Å²) in [5.74, 6) is 0.107. The monoisotopic (exact) mass is 268 g/mol. The third-order valence-corrected chi connectivity index (χ3v) is 4.81. The maximum atomic E-state index is 11.5. The molecule has 0 saturated carbocycles. The lowest BCUT2D eigenvalue weighted by molar-refractivity contribution is 0.0721. The zero-order valence-electron chi connectivity index (χ0n) is 11.4. The van der Waals surface area contributed by atoms with Crippen molar-refractivity contribution in [2.75, 3.05) is 18.6 Å². The van der Waals surface area contributed by atoms with E-state index in [0.717, 1.165) is 35.1 Å². The molecule has 2 rings (SSSR count). The molecule has 2 atom stereocenters. The van der Waals surface area contributed by atoms with E-state index in [4.69, 9.17) is 4.74 Å². The molecule has 1 aliphatic heterocycles. The summed E-state index contributed by atoms with van der Waals surface area (Å²) in [6.07, 6.45) is 2.39. The molecule has 0 aromatic carbocycles. The highest BCUT2D eigenvalue weighted by Gasteiger charge is 2.28. The molecule has 1 fully saturated rings. The van der Waals surface area contributed by atoms with Gasteiger partial charge in [-0.25, -0.2) is 4.98 Å². The SMILES string of the molecule is COC1CCN(c2nc(C)c(C(C)=O)s2)C(C)C1. The second-order valence-electron chi connectivity index (χ2n) is 4.89. The van der Waals surface area contributed by atoms with Crippen molar-refractivity contribution in [3.05, 3.63) is 10.6 Å². The summed E-state index contributed by atoms with van der Waals surface area (Å²) in [5.41, 5.74) is 0.851. The Morgan fingerprint density at radius 3 is 2.78 bits per heavy atom. The number of thiazole rings is 1. The van der Waals surface area contributed by atoms with Gasteiger partial charge in [0.15, 0.2) is 10.9 Å². The van der Waals surface area contributed by atoms with E-state index in [0.29, 0.717) is 12.1 Å². The molecule has 1 aliphatic rings. The van der Waals surface area contributed by atoms with Crippen molar-refractivity contribution >= 4 is 22.3 Å². The van der Waals surface area contributed by atoms with Gasteiger partial charge >= 0.3 is 0 Å². The Bertz CT molecular complexity index is 444. The number of Topliss-reactive ketones (excluding diaryl/α,β-unsaturated/α-hetero) is 1. The van der Waals surface area contributed by atoms with E-state index >= 15 is 0 Å². The average molecular weight is 268 g/mol. The Labute approximate surface area is 112 Å². The first-order valence-electron chi connectivity index (χ1n) is 6.30. The van der Waals surface area contributed by atoms with Gasteiger partial charge in [-0.3, -0.25) is 4.79 Å². The van der Waals surface area contributed by atoms with Crippen LogP contribution in [-0.2, 0) is 4.74 Å². The number of aromatic nitrogens is 1. The molecule has 0 bridgehead atoms. The van der Waals surface area contributed by atoms with E-state index in [2.05, 4.69) is 16.8 Å². The molecule has 4 nitrogen and oxygen atoms in total. The second-order valence-corrected chi connectivity index (χ2v) is 5.87. The number of ketones is 1. The smallest absolute Gasteiger partial charge is 0.186 e. The van der Waals surface area contributed by atoms with Crippen molar-refractivity contribution in [1.82, 2.24) is 4.98 Å². The van der Waals surface area contributed by atoms with Gasteiger partial charge in [-0.15, -0.1) is 0 Å². The standard InChI is InChI=1S/C13H20N2O2S/c1-8-7-11(17-4)5-6-15(8)13-14-9(2)12(18-13)10(3)16/h8,11H,5-7H2,1-4H3. The quantitative estimate of drug-likeness (QED) is 0.790. The predicted octanol–water partition coefficient (Wildman–Crippen LogP) is 2.66. The lowest BCUT2D eigenvalue weighted by Gasteiger charge is -2.36. The third kappa shape index (κ3) is 2.57. The average Bonchev–Trinajstić information content (AvgIpc) is 2.71. The Balaban J connectivity index is 2.17. The number of nitrogens with zero attached hydrogens (tertiary/aromatic N) is 2. The molecule has 5 heteroatoms. The van der Waals surface area contributed by atoms with E-state index < -0.39 is 0 Å². The van der Waals surface area contributed by atoms with Gasteiger partial charge in [-0.05, 0) is 26.7 Å². The highest BCUT2D eigenvalue weighted by Crippen LogP contribution is 2.31. The molecule has 1 saturated heterocycles. The lowest BCUT2D eigenvalue weighted by atomic mass is 10.0. The molecular formula is C13H20N2O2S. The minimum atomic E-state index is 0.107. The maximum Gasteiger partial charge on any atom is 0.186 e. The minimum Gasteiger partial charge on any atom is -0.381 e. The van der Waals surface area contributed by atoms with Gasteiger partial charge in [0.1, 0.15) is 0 Å². The van der Waals surface area contributed by atoms with Crippen LogP contribution in [0, 0.1) is 6.92 Å². The maximum absolute atomic E-state index is 11.5. The van der Waals surface area contributed by atoms with Crippen LogP contribution in [0.25, 0.3) is 0 Å². The number of rotatable bonds is 3. The number of hydrogen-bond donors (Lipinski definition) is 0. The zero-order chi connectivity index (χ0) is 13.3. The van der Waals surface area contributed by atoms with Crippen LogP contribution >= 0.6 is 11.3 Å². The fraction of sp³-hybridized carbons (Fsp3) is 0.692. The fourth-order valence-corrected chi connectivity index (χ4v) is 3.55. The van der Waals surface area contributed by atoms with E-state index in [1.165, 1.54) is 11.3 Å². The molecular weight excluding hydrogens is 248 g/mol. The number of methoxy groups -OCH3 is 1. The Kier molecular flexibility index (Phi) is 4.02. The second kappa shape index (κ2) is 5.36. The van der Waals surface area contributed by atoms with Crippen LogP contribution in [0.1, 0.15) is 42.1 Å². The number of carbonyl (C=O) groups is 1. The van der Waals surface area contributed by atoms with E-state index in [1.807, 2.05) is 6.92 Å². The lowest BCUT2D eigenvalue weighted by Crippen LogP contribution is -2.43. The summed E-state index contributed by atoms with van der Waals surface area (Å²) >= 11 is 1.51. The summed E-state index contributed by atoms with van der Waals surface area (Å²) in [6, 6.07) is 0.411. The van der Waals surface area contributed by atoms with E-state index in [-0.39, 0.29) is 5.78 Å². The number of anilines is 1. The normalized spacial score (nSPS) is 24.3.